The molecule has 2 aromatic carbocycles. The number of amides is 1. The molecule has 0 radical (unpaired) electrons. The van der Waals surface area contributed by atoms with E-state index in [1.807, 2.05) is 0 Å². The van der Waals surface area contributed by atoms with Gasteiger partial charge in [0, 0.05) is 38.3 Å². The number of halogens is 3. The van der Waals surface area contributed by atoms with Crippen LogP contribution in [0.1, 0.15) is 11.1 Å². The van der Waals surface area contributed by atoms with Gasteiger partial charge in [0.1, 0.15) is 11.4 Å². The minimum atomic E-state index is -4.67. The second-order valence-electron chi connectivity index (χ2n) is 7.33. The average molecular weight is 494 g/mol. The van der Waals surface area contributed by atoms with Crippen LogP contribution in [-0.4, -0.2) is 54.1 Å². The smallest absolute Gasteiger partial charge is 0.416 e. The monoisotopic (exact) mass is 494 g/mol. The number of nitro benzene ring substituents is 1. The predicted octanol–water partition coefficient (Wildman–Crippen LogP) is 3.86. The number of piperazine rings is 1. The lowest BCUT2D eigenvalue weighted by atomic mass is 10.1. The second kappa shape index (κ2) is 10.5. The number of carbonyl (C=O) groups excluding carboxylic acids is 1. The van der Waals surface area contributed by atoms with Crippen LogP contribution >= 0.6 is 12.2 Å². The number of ether oxygens (including phenoxy) is 1. The summed E-state index contributed by atoms with van der Waals surface area (Å²) in [5.74, 6) is 0.283. The van der Waals surface area contributed by atoms with Crippen molar-refractivity contribution in [2.45, 2.75) is 6.18 Å². The molecule has 0 aliphatic carbocycles. The Morgan fingerprint density at radius 3 is 2.35 bits per heavy atom. The largest absolute Gasteiger partial charge is 0.497 e. The van der Waals surface area contributed by atoms with E-state index in [0.29, 0.717) is 24.9 Å². The standard InChI is InChI=1S/C22H21F3N4O4S/c1-33-17-6-2-15(3-7-17)4-9-20(30)26-21(34)28-12-10-27(11-13-28)18-8-5-16(22(23,24)25)14-19(18)29(31)32/h2-9,14H,10-13H2,1H3,(H,26,30,34)/b9-4+. The highest BCUT2D eigenvalue weighted by Gasteiger charge is 2.34. The van der Waals surface area contributed by atoms with Crippen molar-refractivity contribution in [2.24, 2.45) is 0 Å². The van der Waals surface area contributed by atoms with E-state index < -0.39 is 28.3 Å². The zero-order valence-corrected chi connectivity index (χ0v) is 18.9. The van der Waals surface area contributed by atoms with Crippen LogP contribution in [0.3, 0.4) is 0 Å². The number of nitrogens with zero attached hydrogens (tertiary/aromatic N) is 3. The molecule has 180 valence electrons. The second-order valence-corrected chi connectivity index (χ2v) is 7.72. The molecule has 0 aromatic heterocycles. The Balaban J connectivity index is 1.58. The number of thiocarbonyl (C=S) groups is 1. The first-order chi connectivity index (χ1) is 16.1. The first kappa shape index (κ1) is 25.0. The van der Waals surface area contributed by atoms with Crippen LogP contribution in [0.2, 0.25) is 0 Å². The van der Waals surface area contributed by atoms with E-state index in [1.54, 1.807) is 47.3 Å². The molecular formula is C22H21F3N4O4S. The Labute approximate surface area is 198 Å². The van der Waals surface area contributed by atoms with E-state index >= 15 is 0 Å². The summed E-state index contributed by atoms with van der Waals surface area (Å²) in [6.45, 7) is 1.23. The van der Waals surface area contributed by atoms with Crippen molar-refractivity contribution in [1.82, 2.24) is 10.2 Å². The van der Waals surface area contributed by atoms with Crippen molar-refractivity contribution in [3.8, 4) is 5.75 Å². The molecule has 0 saturated carbocycles. The summed E-state index contributed by atoms with van der Waals surface area (Å²) in [5, 5.41) is 14.2. The first-order valence-electron chi connectivity index (χ1n) is 10.1. The van der Waals surface area contributed by atoms with Crippen LogP contribution in [0.5, 0.6) is 5.75 Å². The van der Waals surface area contributed by atoms with E-state index in [1.165, 1.54) is 6.08 Å². The van der Waals surface area contributed by atoms with Crippen molar-refractivity contribution in [3.05, 3.63) is 69.8 Å². The first-order valence-corrected chi connectivity index (χ1v) is 10.5. The number of rotatable bonds is 5. The van der Waals surface area contributed by atoms with Gasteiger partial charge in [-0.05, 0) is 48.1 Å². The number of alkyl halides is 3. The van der Waals surface area contributed by atoms with Crippen molar-refractivity contribution in [3.63, 3.8) is 0 Å². The molecule has 12 heteroatoms. The maximum atomic E-state index is 12.9. The van der Waals surface area contributed by atoms with Gasteiger partial charge in [-0.15, -0.1) is 0 Å². The summed E-state index contributed by atoms with van der Waals surface area (Å²) in [6.07, 6.45) is -1.71. The van der Waals surface area contributed by atoms with Crippen molar-refractivity contribution in [1.29, 1.82) is 0 Å². The van der Waals surface area contributed by atoms with E-state index in [2.05, 4.69) is 5.32 Å². The average Bonchev–Trinajstić information content (AvgIpc) is 2.82. The number of benzene rings is 2. The maximum Gasteiger partial charge on any atom is 0.416 e. The number of methoxy groups -OCH3 is 1. The number of nitrogens with one attached hydrogen (secondary N) is 1. The van der Waals surface area contributed by atoms with E-state index in [-0.39, 0.29) is 23.9 Å². The van der Waals surface area contributed by atoms with E-state index in [0.717, 1.165) is 17.7 Å². The molecule has 2 aromatic rings. The van der Waals surface area contributed by atoms with Crippen LogP contribution < -0.4 is 15.0 Å². The normalized spacial score (nSPS) is 14.2. The third-order valence-corrected chi connectivity index (χ3v) is 5.54. The Bertz CT molecular complexity index is 1100. The number of hydrogen-bond donors (Lipinski definition) is 1. The molecule has 0 spiro atoms. The molecule has 0 atom stereocenters. The molecule has 0 unspecified atom stereocenters. The minimum absolute atomic E-state index is 0.107. The quantitative estimate of drug-likeness (QED) is 0.292. The highest BCUT2D eigenvalue weighted by molar-refractivity contribution is 7.80. The van der Waals surface area contributed by atoms with Gasteiger partial charge in [0.15, 0.2) is 5.11 Å². The Hall–Kier alpha value is -3.67. The maximum absolute atomic E-state index is 12.9. The van der Waals surface area contributed by atoms with Crippen molar-refractivity contribution in [2.75, 3.05) is 38.2 Å². The molecule has 34 heavy (non-hydrogen) atoms. The Kier molecular flexibility index (Phi) is 7.72. The Morgan fingerprint density at radius 2 is 1.79 bits per heavy atom. The van der Waals surface area contributed by atoms with E-state index in [4.69, 9.17) is 17.0 Å². The lowest BCUT2D eigenvalue weighted by molar-refractivity contribution is -0.384. The topological polar surface area (TPSA) is 88.0 Å². The fourth-order valence-electron chi connectivity index (χ4n) is 3.38. The molecule has 1 amide bonds. The summed E-state index contributed by atoms with van der Waals surface area (Å²) in [6, 6.07) is 9.60. The van der Waals surface area contributed by atoms with Crippen LogP contribution in [-0.2, 0) is 11.0 Å². The summed E-state index contributed by atoms with van der Waals surface area (Å²) in [4.78, 5) is 26.1. The molecule has 8 nitrogen and oxygen atoms in total. The van der Waals surface area contributed by atoms with Gasteiger partial charge >= 0.3 is 6.18 Å². The highest BCUT2D eigenvalue weighted by atomic mass is 32.1. The molecule has 1 heterocycles. The van der Waals surface area contributed by atoms with Gasteiger partial charge in [0.05, 0.1) is 17.6 Å². The van der Waals surface area contributed by atoms with E-state index in [9.17, 15) is 28.1 Å². The van der Waals surface area contributed by atoms with Gasteiger partial charge in [-0.2, -0.15) is 13.2 Å². The molecule has 1 saturated heterocycles. The third kappa shape index (κ3) is 6.22. The highest BCUT2D eigenvalue weighted by Crippen LogP contribution is 2.36. The Morgan fingerprint density at radius 1 is 1.15 bits per heavy atom. The van der Waals surface area contributed by atoms with Crippen LogP contribution in [0.25, 0.3) is 6.08 Å². The van der Waals surface area contributed by atoms with Gasteiger partial charge in [0.25, 0.3) is 5.69 Å². The number of carbonyl (C=O) groups is 1. The molecule has 3 rings (SSSR count). The zero-order valence-electron chi connectivity index (χ0n) is 18.0. The van der Waals surface area contributed by atoms with Gasteiger partial charge in [0.2, 0.25) is 5.91 Å². The van der Waals surface area contributed by atoms with Gasteiger partial charge in [-0.3, -0.25) is 20.2 Å². The zero-order chi connectivity index (χ0) is 24.9. The fourth-order valence-corrected chi connectivity index (χ4v) is 3.66. The van der Waals surface area contributed by atoms with Crippen molar-refractivity contribution >= 4 is 40.7 Å². The minimum Gasteiger partial charge on any atom is -0.497 e. The molecule has 1 aliphatic rings. The lowest BCUT2D eigenvalue weighted by Crippen LogP contribution is -2.52. The van der Waals surface area contributed by atoms with Gasteiger partial charge in [-0.1, -0.05) is 12.1 Å². The van der Waals surface area contributed by atoms with Gasteiger partial charge in [-0.25, -0.2) is 0 Å². The summed E-state index contributed by atoms with van der Waals surface area (Å²) < 4.78 is 43.9. The van der Waals surface area contributed by atoms with Crippen molar-refractivity contribution < 1.29 is 27.6 Å². The summed E-state index contributed by atoms with van der Waals surface area (Å²) >= 11 is 5.29. The fraction of sp³-hybridized carbons (Fsp3) is 0.273. The summed E-state index contributed by atoms with van der Waals surface area (Å²) in [7, 11) is 1.56. The predicted molar refractivity (Wildman–Crippen MR) is 125 cm³/mol. The molecule has 1 fully saturated rings. The molecule has 1 aliphatic heterocycles. The molecule has 0 bridgehead atoms. The third-order valence-electron chi connectivity index (χ3n) is 5.18. The molecular weight excluding hydrogens is 473 g/mol. The summed E-state index contributed by atoms with van der Waals surface area (Å²) in [5.41, 5.74) is -0.778. The molecule has 1 N–H and O–H groups in total. The lowest BCUT2D eigenvalue weighted by Gasteiger charge is -2.36. The van der Waals surface area contributed by atoms with Crippen LogP contribution in [0.4, 0.5) is 24.5 Å². The van der Waals surface area contributed by atoms with Crippen LogP contribution in [0, 0.1) is 10.1 Å². The number of nitro groups is 1. The number of anilines is 1. The van der Waals surface area contributed by atoms with Crippen LogP contribution in [0.15, 0.2) is 48.5 Å². The number of hydrogen-bond acceptors (Lipinski definition) is 6. The van der Waals surface area contributed by atoms with Gasteiger partial charge < -0.3 is 14.5 Å². The SMILES string of the molecule is COc1ccc(/C=C/C(=O)NC(=S)N2CCN(c3ccc(C(F)(F)F)cc3[N+](=O)[O-])CC2)cc1.